The van der Waals surface area contributed by atoms with Crippen molar-refractivity contribution in [3.8, 4) is 0 Å². The van der Waals surface area contributed by atoms with Crippen molar-refractivity contribution in [2.24, 2.45) is 5.73 Å². The highest BCUT2D eigenvalue weighted by molar-refractivity contribution is 5.87. The van der Waals surface area contributed by atoms with Gasteiger partial charge < -0.3 is 15.5 Å². The fourth-order valence-corrected chi connectivity index (χ4v) is 3.70. The summed E-state index contributed by atoms with van der Waals surface area (Å²) in [6, 6.07) is 5.63. The van der Waals surface area contributed by atoms with Crippen molar-refractivity contribution in [1.29, 1.82) is 0 Å². The van der Waals surface area contributed by atoms with E-state index in [1.54, 1.807) is 12.1 Å². The summed E-state index contributed by atoms with van der Waals surface area (Å²) in [5.41, 5.74) is 6.45. The van der Waals surface area contributed by atoms with Gasteiger partial charge in [-0.25, -0.2) is 9.18 Å². The van der Waals surface area contributed by atoms with Crippen LogP contribution in [0, 0.1) is 5.82 Å². The van der Waals surface area contributed by atoms with E-state index in [1.807, 2.05) is 4.90 Å². The van der Waals surface area contributed by atoms with Crippen molar-refractivity contribution in [3.05, 3.63) is 35.6 Å². The molecule has 2 saturated heterocycles. The average molecular weight is 348 g/mol. The Bertz CT molecular complexity index is 622. The van der Waals surface area contributed by atoms with E-state index < -0.39 is 12.1 Å². The van der Waals surface area contributed by atoms with Gasteiger partial charge in [-0.05, 0) is 37.0 Å². The number of nitrogens with zero attached hydrogens (tertiary/aromatic N) is 3. The maximum atomic E-state index is 13.0. The minimum atomic E-state index is -0.511. The van der Waals surface area contributed by atoms with Gasteiger partial charge in [0.15, 0.2) is 0 Å². The molecule has 1 aromatic carbocycles. The van der Waals surface area contributed by atoms with E-state index in [-0.39, 0.29) is 11.7 Å². The van der Waals surface area contributed by atoms with Gasteiger partial charge in [-0.1, -0.05) is 12.1 Å². The standard InChI is InChI=1S/C18H25FN4O2/c19-15-6-4-14(5-7-15)13-21-8-2-9-22(12-11-21)17(24)16-3-1-10-23(16)18(20)25/h4-7,16H,1-3,8-13H2,(H2,20,25)/t16-/m0/s1. The molecule has 2 fully saturated rings. The maximum Gasteiger partial charge on any atom is 0.315 e. The topological polar surface area (TPSA) is 69.9 Å². The molecule has 2 aliphatic rings. The minimum absolute atomic E-state index is 0.0138. The van der Waals surface area contributed by atoms with Crippen LogP contribution >= 0.6 is 0 Å². The van der Waals surface area contributed by atoms with Crippen LogP contribution in [0.5, 0.6) is 0 Å². The van der Waals surface area contributed by atoms with E-state index in [2.05, 4.69) is 4.90 Å². The molecule has 2 heterocycles. The average Bonchev–Trinajstić information content (AvgIpc) is 2.98. The predicted molar refractivity (Wildman–Crippen MR) is 92.2 cm³/mol. The first-order valence-electron chi connectivity index (χ1n) is 8.86. The minimum Gasteiger partial charge on any atom is -0.351 e. The largest absolute Gasteiger partial charge is 0.351 e. The van der Waals surface area contributed by atoms with Crippen LogP contribution in [0.2, 0.25) is 0 Å². The normalized spacial score (nSPS) is 22.0. The van der Waals surface area contributed by atoms with Crippen LogP contribution in [-0.4, -0.2) is 65.4 Å². The number of nitrogens with two attached hydrogens (primary N) is 1. The van der Waals surface area contributed by atoms with E-state index in [0.29, 0.717) is 26.1 Å². The third-order valence-corrected chi connectivity index (χ3v) is 5.04. The van der Waals surface area contributed by atoms with Crippen LogP contribution in [0.4, 0.5) is 9.18 Å². The Hall–Kier alpha value is -2.15. The molecule has 0 spiro atoms. The van der Waals surface area contributed by atoms with E-state index in [1.165, 1.54) is 17.0 Å². The zero-order valence-electron chi connectivity index (χ0n) is 14.4. The lowest BCUT2D eigenvalue weighted by molar-refractivity contribution is -0.135. The molecule has 0 saturated carbocycles. The van der Waals surface area contributed by atoms with Crippen LogP contribution in [0.1, 0.15) is 24.8 Å². The third kappa shape index (κ3) is 4.28. The van der Waals surface area contributed by atoms with Crippen LogP contribution in [0.25, 0.3) is 0 Å². The molecule has 3 rings (SSSR count). The van der Waals surface area contributed by atoms with Crippen molar-refractivity contribution in [2.75, 3.05) is 32.7 Å². The number of halogens is 1. The van der Waals surface area contributed by atoms with Gasteiger partial charge in [0.05, 0.1) is 0 Å². The number of carbonyl (C=O) groups excluding carboxylic acids is 2. The summed E-state index contributed by atoms with van der Waals surface area (Å²) in [5, 5.41) is 0. The molecule has 0 aliphatic carbocycles. The lowest BCUT2D eigenvalue weighted by Gasteiger charge is -2.28. The number of benzene rings is 1. The zero-order valence-corrected chi connectivity index (χ0v) is 14.4. The van der Waals surface area contributed by atoms with Gasteiger partial charge in [0.1, 0.15) is 11.9 Å². The number of rotatable bonds is 3. The maximum absolute atomic E-state index is 13.0. The van der Waals surface area contributed by atoms with Crippen molar-refractivity contribution < 1.29 is 14.0 Å². The zero-order chi connectivity index (χ0) is 17.8. The van der Waals surface area contributed by atoms with Gasteiger partial charge in [0.2, 0.25) is 5.91 Å². The van der Waals surface area contributed by atoms with Gasteiger partial charge in [0.25, 0.3) is 0 Å². The fraction of sp³-hybridized carbons (Fsp3) is 0.556. The van der Waals surface area contributed by atoms with Gasteiger partial charge in [-0.15, -0.1) is 0 Å². The van der Waals surface area contributed by atoms with Gasteiger partial charge in [-0.2, -0.15) is 0 Å². The number of likely N-dealkylation sites (tertiary alicyclic amines) is 1. The molecule has 25 heavy (non-hydrogen) atoms. The summed E-state index contributed by atoms with van der Waals surface area (Å²) in [6.45, 7) is 4.32. The number of amides is 3. The highest BCUT2D eigenvalue weighted by Gasteiger charge is 2.36. The number of urea groups is 1. The van der Waals surface area contributed by atoms with E-state index in [4.69, 9.17) is 5.73 Å². The lowest BCUT2D eigenvalue weighted by Crippen LogP contribution is -2.50. The van der Waals surface area contributed by atoms with Crippen molar-refractivity contribution in [1.82, 2.24) is 14.7 Å². The highest BCUT2D eigenvalue weighted by atomic mass is 19.1. The van der Waals surface area contributed by atoms with Crippen LogP contribution in [0.15, 0.2) is 24.3 Å². The molecule has 136 valence electrons. The SMILES string of the molecule is NC(=O)N1CCC[C@H]1C(=O)N1CCCN(Cc2ccc(F)cc2)CC1. The summed E-state index contributed by atoms with van der Waals surface area (Å²) in [6.07, 6.45) is 2.40. The number of primary amides is 1. The first-order chi connectivity index (χ1) is 12.0. The monoisotopic (exact) mass is 348 g/mol. The Balaban J connectivity index is 1.56. The Morgan fingerprint density at radius 2 is 1.80 bits per heavy atom. The number of hydrogen-bond acceptors (Lipinski definition) is 3. The molecular weight excluding hydrogens is 323 g/mol. The quantitative estimate of drug-likeness (QED) is 0.898. The molecule has 2 N–H and O–H groups in total. The molecule has 1 aromatic rings. The molecule has 7 heteroatoms. The van der Waals surface area contributed by atoms with E-state index >= 15 is 0 Å². The second-order valence-corrected chi connectivity index (χ2v) is 6.77. The smallest absolute Gasteiger partial charge is 0.315 e. The fourth-order valence-electron chi connectivity index (χ4n) is 3.70. The van der Waals surface area contributed by atoms with Crippen molar-refractivity contribution >= 4 is 11.9 Å². The Morgan fingerprint density at radius 1 is 1.04 bits per heavy atom. The second kappa shape index (κ2) is 7.82. The summed E-state index contributed by atoms with van der Waals surface area (Å²) < 4.78 is 13.0. The summed E-state index contributed by atoms with van der Waals surface area (Å²) in [5.74, 6) is -0.216. The summed E-state index contributed by atoms with van der Waals surface area (Å²) in [4.78, 5) is 29.9. The van der Waals surface area contributed by atoms with Crippen molar-refractivity contribution in [3.63, 3.8) is 0 Å². The number of hydrogen-bond donors (Lipinski definition) is 1. The first kappa shape index (κ1) is 17.7. The van der Waals surface area contributed by atoms with Gasteiger partial charge >= 0.3 is 6.03 Å². The molecule has 0 bridgehead atoms. The molecule has 0 radical (unpaired) electrons. The lowest BCUT2D eigenvalue weighted by atomic mass is 10.2. The summed E-state index contributed by atoms with van der Waals surface area (Å²) in [7, 11) is 0. The molecule has 1 atom stereocenters. The molecule has 0 unspecified atom stereocenters. The van der Waals surface area contributed by atoms with Gasteiger partial charge in [-0.3, -0.25) is 9.69 Å². The Kier molecular flexibility index (Phi) is 5.53. The predicted octanol–water partition coefficient (Wildman–Crippen LogP) is 1.40. The van der Waals surface area contributed by atoms with E-state index in [0.717, 1.165) is 38.0 Å². The second-order valence-electron chi connectivity index (χ2n) is 6.77. The molecular formula is C18H25FN4O2. The third-order valence-electron chi connectivity index (χ3n) is 5.04. The Labute approximate surface area is 147 Å². The molecule has 3 amide bonds. The number of carbonyl (C=O) groups is 2. The first-order valence-corrected chi connectivity index (χ1v) is 8.86. The Morgan fingerprint density at radius 3 is 2.52 bits per heavy atom. The van der Waals surface area contributed by atoms with Crippen molar-refractivity contribution in [2.45, 2.75) is 31.8 Å². The molecule has 6 nitrogen and oxygen atoms in total. The summed E-state index contributed by atoms with van der Waals surface area (Å²) >= 11 is 0. The molecule has 2 aliphatic heterocycles. The van der Waals surface area contributed by atoms with Crippen LogP contribution < -0.4 is 5.73 Å². The van der Waals surface area contributed by atoms with Crippen LogP contribution in [-0.2, 0) is 11.3 Å². The van der Waals surface area contributed by atoms with E-state index in [9.17, 15) is 14.0 Å². The molecule has 0 aromatic heterocycles. The highest BCUT2D eigenvalue weighted by Crippen LogP contribution is 2.20. The van der Waals surface area contributed by atoms with Gasteiger partial charge in [0, 0.05) is 39.3 Å². The van der Waals surface area contributed by atoms with Crippen LogP contribution in [0.3, 0.4) is 0 Å².